The molecule has 0 bridgehead atoms. The molecule has 1 aromatic rings. The minimum atomic E-state index is -1.06. The zero-order chi connectivity index (χ0) is 12.0. The first-order valence-electron chi connectivity index (χ1n) is 5.10. The first-order valence-corrected chi connectivity index (χ1v) is 5.10. The number of nitrogens with two attached hydrogens (primary N) is 1. The Kier molecular flexibility index (Phi) is 4.98. The second-order valence-electron chi connectivity index (χ2n) is 3.24. The van der Waals surface area contributed by atoms with Crippen molar-refractivity contribution in [1.29, 1.82) is 0 Å². The normalized spacial score (nSPS) is 10.4. The van der Waals surface area contributed by atoms with Crippen LogP contribution in [-0.4, -0.2) is 19.8 Å². The predicted octanol–water partition coefficient (Wildman–Crippen LogP) is 2.35. The lowest BCUT2D eigenvalue weighted by Gasteiger charge is -2.10. The van der Waals surface area contributed by atoms with Crippen LogP contribution in [0.15, 0.2) is 12.1 Å². The van der Waals surface area contributed by atoms with Gasteiger partial charge in [0.25, 0.3) is 0 Å². The standard InChI is InChI=1S/C11H15F2NO2/c1-2-5-15-6-7-16-11-9(14)4-3-8(12)10(11)13/h3-4H,2,5-7,14H2,1H3. The van der Waals surface area contributed by atoms with Crippen LogP contribution < -0.4 is 10.5 Å². The van der Waals surface area contributed by atoms with Gasteiger partial charge in [-0.15, -0.1) is 0 Å². The molecule has 0 unspecified atom stereocenters. The van der Waals surface area contributed by atoms with Crippen LogP contribution in [0.4, 0.5) is 14.5 Å². The van der Waals surface area contributed by atoms with E-state index in [4.69, 9.17) is 15.2 Å². The fraction of sp³-hybridized carbons (Fsp3) is 0.455. The molecule has 0 aliphatic carbocycles. The van der Waals surface area contributed by atoms with Crippen molar-refractivity contribution in [3.05, 3.63) is 23.8 Å². The monoisotopic (exact) mass is 231 g/mol. The van der Waals surface area contributed by atoms with Crippen molar-refractivity contribution >= 4 is 5.69 Å². The van der Waals surface area contributed by atoms with Crippen LogP contribution >= 0.6 is 0 Å². The molecule has 3 nitrogen and oxygen atoms in total. The molecule has 1 aromatic carbocycles. The first-order chi connectivity index (χ1) is 7.66. The Bertz CT molecular complexity index is 345. The molecule has 1 rings (SSSR count). The average Bonchev–Trinajstić information content (AvgIpc) is 2.28. The Morgan fingerprint density at radius 3 is 2.62 bits per heavy atom. The molecule has 0 aliphatic heterocycles. The molecule has 0 aromatic heterocycles. The SMILES string of the molecule is CCCOCCOc1c(N)ccc(F)c1F. The van der Waals surface area contributed by atoms with Gasteiger partial charge in [-0.2, -0.15) is 4.39 Å². The fourth-order valence-electron chi connectivity index (χ4n) is 1.14. The molecule has 0 saturated carbocycles. The number of nitrogen functional groups attached to an aromatic ring is 1. The molecular formula is C11H15F2NO2. The van der Waals surface area contributed by atoms with E-state index < -0.39 is 11.6 Å². The minimum Gasteiger partial charge on any atom is -0.486 e. The highest BCUT2D eigenvalue weighted by Crippen LogP contribution is 2.26. The van der Waals surface area contributed by atoms with Gasteiger partial charge >= 0.3 is 0 Å². The maximum atomic E-state index is 13.2. The van der Waals surface area contributed by atoms with E-state index >= 15 is 0 Å². The number of ether oxygens (including phenoxy) is 2. The van der Waals surface area contributed by atoms with Gasteiger partial charge in [0.1, 0.15) is 6.61 Å². The van der Waals surface area contributed by atoms with E-state index in [-0.39, 0.29) is 18.0 Å². The van der Waals surface area contributed by atoms with Gasteiger partial charge in [-0.3, -0.25) is 0 Å². The van der Waals surface area contributed by atoms with Gasteiger partial charge in [0, 0.05) is 6.61 Å². The smallest absolute Gasteiger partial charge is 0.202 e. The molecule has 0 heterocycles. The molecule has 0 fully saturated rings. The summed E-state index contributed by atoms with van der Waals surface area (Å²) in [5.74, 6) is -2.28. The third-order valence-corrected chi connectivity index (χ3v) is 1.90. The summed E-state index contributed by atoms with van der Waals surface area (Å²) in [6, 6.07) is 2.23. The summed E-state index contributed by atoms with van der Waals surface area (Å²) in [7, 11) is 0. The predicted molar refractivity (Wildman–Crippen MR) is 57.4 cm³/mol. The lowest BCUT2D eigenvalue weighted by Crippen LogP contribution is -2.10. The topological polar surface area (TPSA) is 44.5 Å². The van der Waals surface area contributed by atoms with Crippen LogP contribution in [0.25, 0.3) is 0 Å². The number of benzene rings is 1. The van der Waals surface area contributed by atoms with Crippen molar-refractivity contribution in [1.82, 2.24) is 0 Å². The van der Waals surface area contributed by atoms with Gasteiger partial charge < -0.3 is 15.2 Å². The van der Waals surface area contributed by atoms with E-state index in [1.165, 1.54) is 6.07 Å². The largest absolute Gasteiger partial charge is 0.486 e. The van der Waals surface area contributed by atoms with Crippen molar-refractivity contribution in [2.75, 3.05) is 25.6 Å². The number of rotatable bonds is 6. The second-order valence-corrected chi connectivity index (χ2v) is 3.24. The second kappa shape index (κ2) is 6.27. The van der Waals surface area contributed by atoms with Gasteiger partial charge in [-0.25, -0.2) is 4.39 Å². The summed E-state index contributed by atoms with van der Waals surface area (Å²) in [5, 5.41) is 0. The molecule has 0 radical (unpaired) electrons. The lowest BCUT2D eigenvalue weighted by molar-refractivity contribution is 0.0991. The molecule has 0 aliphatic rings. The highest BCUT2D eigenvalue weighted by molar-refractivity contribution is 5.53. The molecule has 90 valence electrons. The zero-order valence-corrected chi connectivity index (χ0v) is 9.13. The van der Waals surface area contributed by atoms with Gasteiger partial charge in [0.15, 0.2) is 11.6 Å². The van der Waals surface area contributed by atoms with Crippen LogP contribution in [0.5, 0.6) is 5.75 Å². The highest BCUT2D eigenvalue weighted by Gasteiger charge is 2.12. The number of anilines is 1. The van der Waals surface area contributed by atoms with Crippen molar-refractivity contribution in [3.63, 3.8) is 0 Å². The summed E-state index contributed by atoms with van der Waals surface area (Å²) in [4.78, 5) is 0. The highest BCUT2D eigenvalue weighted by atomic mass is 19.2. The van der Waals surface area contributed by atoms with Crippen LogP contribution in [0, 0.1) is 11.6 Å². The minimum absolute atomic E-state index is 0.0781. The van der Waals surface area contributed by atoms with Gasteiger partial charge in [-0.05, 0) is 18.6 Å². The quantitative estimate of drug-likeness (QED) is 0.603. The lowest BCUT2D eigenvalue weighted by atomic mass is 10.3. The van der Waals surface area contributed by atoms with E-state index in [9.17, 15) is 8.78 Å². The molecule has 16 heavy (non-hydrogen) atoms. The molecule has 0 amide bonds. The fourth-order valence-corrected chi connectivity index (χ4v) is 1.14. The van der Waals surface area contributed by atoms with Crippen LogP contribution in [0.3, 0.4) is 0 Å². The Morgan fingerprint density at radius 1 is 1.19 bits per heavy atom. The number of halogens is 2. The summed E-state index contributed by atoms with van der Waals surface area (Å²) in [6.07, 6.45) is 0.899. The van der Waals surface area contributed by atoms with E-state index in [1.807, 2.05) is 6.92 Å². The summed E-state index contributed by atoms with van der Waals surface area (Å²) in [5.41, 5.74) is 5.54. The maximum absolute atomic E-state index is 13.2. The van der Waals surface area contributed by atoms with Crippen LogP contribution in [0.2, 0.25) is 0 Å². The van der Waals surface area contributed by atoms with E-state index in [2.05, 4.69) is 0 Å². The average molecular weight is 231 g/mol. The molecule has 0 spiro atoms. The Hall–Kier alpha value is -1.36. The van der Waals surface area contributed by atoms with Crippen molar-refractivity contribution in [2.45, 2.75) is 13.3 Å². The third-order valence-electron chi connectivity index (χ3n) is 1.90. The van der Waals surface area contributed by atoms with Gasteiger partial charge in [0.05, 0.1) is 12.3 Å². The summed E-state index contributed by atoms with van der Waals surface area (Å²) >= 11 is 0. The maximum Gasteiger partial charge on any atom is 0.202 e. The summed E-state index contributed by atoms with van der Waals surface area (Å²) < 4.78 is 36.2. The molecule has 5 heteroatoms. The molecule has 0 saturated heterocycles. The van der Waals surface area contributed by atoms with Crippen LogP contribution in [0.1, 0.15) is 13.3 Å². The summed E-state index contributed by atoms with van der Waals surface area (Å²) in [6.45, 7) is 3.06. The van der Waals surface area contributed by atoms with Crippen molar-refractivity contribution in [2.24, 2.45) is 0 Å². The van der Waals surface area contributed by atoms with Crippen LogP contribution in [-0.2, 0) is 4.74 Å². The van der Waals surface area contributed by atoms with Gasteiger partial charge in [-0.1, -0.05) is 6.92 Å². The van der Waals surface area contributed by atoms with E-state index in [0.29, 0.717) is 13.2 Å². The van der Waals surface area contributed by atoms with Crippen molar-refractivity contribution < 1.29 is 18.3 Å². The number of hydrogen-bond donors (Lipinski definition) is 1. The Balaban J connectivity index is 2.50. The van der Waals surface area contributed by atoms with E-state index in [0.717, 1.165) is 12.5 Å². The Labute approximate surface area is 93.2 Å². The third kappa shape index (κ3) is 3.34. The number of hydrogen-bond acceptors (Lipinski definition) is 3. The van der Waals surface area contributed by atoms with Gasteiger partial charge in [0.2, 0.25) is 5.82 Å². The zero-order valence-electron chi connectivity index (χ0n) is 9.13. The molecule has 0 atom stereocenters. The molecular weight excluding hydrogens is 216 g/mol. The Morgan fingerprint density at radius 2 is 1.94 bits per heavy atom. The molecule has 2 N–H and O–H groups in total. The van der Waals surface area contributed by atoms with Crippen molar-refractivity contribution in [3.8, 4) is 5.75 Å². The van der Waals surface area contributed by atoms with E-state index in [1.54, 1.807) is 0 Å². The first kappa shape index (κ1) is 12.7.